The van der Waals surface area contributed by atoms with Crippen LogP contribution in [0.5, 0.6) is 5.75 Å². The zero-order chi connectivity index (χ0) is 25.5. The van der Waals surface area contributed by atoms with E-state index in [1.54, 1.807) is 12.1 Å². The van der Waals surface area contributed by atoms with Crippen LogP contribution in [0, 0.1) is 0 Å². The molecule has 36 heavy (non-hydrogen) atoms. The summed E-state index contributed by atoms with van der Waals surface area (Å²) < 4.78 is 0. The second kappa shape index (κ2) is 11.8. The van der Waals surface area contributed by atoms with E-state index in [4.69, 9.17) is 0 Å². The quantitative estimate of drug-likeness (QED) is 0.497. The number of benzene rings is 3. The molecule has 0 aliphatic carbocycles. The van der Waals surface area contributed by atoms with Crippen molar-refractivity contribution in [2.75, 3.05) is 44.2 Å². The molecule has 0 saturated carbocycles. The first-order valence-corrected chi connectivity index (χ1v) is 12.8. The maximum Gasteiger partial charge on any atom is 0.253 e. The van der Waals surface area contributed by atoms with Gasteiger partial charge in [-0.05, 0) is 73.4 Å². The molecule has 6 nitrogen and oxygen atoms in total. The first-order valence-electron chi connectivity index (χ1n) is 12.8. The van der Waals surface area contributed by atoms with Gasteiger partial charge >= 0.3 is 0 Å². The van der Waals surface area contributed by atoms with Gasteiger partial charge in [-0.15, -0.1) is 0 Å². The molecule has 3 aromatic carbocycles. The Labute approximate surface area is 213 Å². The Kier molecular flexibility index (Phi) is 8.26. The van der Waals surface area contributed by atoms with E-state index in [2.05, 4.69) is 11.0 Å². The van der Waals surface area contributed by atoms with E-state index >= 15 is 0 Å². The molecule has 0 atom stereocenters. The van der Waals surface area contributed by atoms with Crippen LogP contribution in [-0.4, -0.2) is 66.0 Å². The number of hydrogen-bond donors (Lipinski definition) is 1. The lowest BCUT2D eigenvalue weighted by molar-refractivity contribution is -0.131. The Bertz CT molecular complexity index is 1180. The van der Waals surface area contributed by atoms with Crippen LogP contribution in [0.4, 0.5) is 5.69 Å². The van der Waals surface area contributed by atoms with Crippen LogP contribution < -0.4 is 4.90 Å². The number of nitrogens with zero attached hydrogens (tertiary/aromatic N) is 3. The fourth-order valence-electron chi connectivity index (χ4n) is 4.82. The molecule has 1 fully saturated rings. The second-order valence-corrected chi connectivity index (χ2v) is 9.10. The average molecular weight is 486 g/mol. The lowest BCUT2D eigenvalue weighted by Crippen LogP contribution is -2.48. The van der Waals surface area contributed by atoms with Crippen molar-refractivity contribution in [2.24, 2.45) is 0 Å². The predicted octanol–water partition coefficient (Wildman–Crippen LogP) is 4.82. The van der Waals surface area contributed by atoms with E-state index in [1.807, 2.05) is 78.2 Å². The van der Waals surface area contributed by atoms with Crippen molar-refractivity contribution >= 4 is 17.5 Å². The summed E-state index contributed by atoms with van der Waals surface area (Å²) >= 11 is 0. The van der Waals surface area contributed by atoms with Crippen LogP contribution in [0.15, 0.2) is 72.8 Å². The number of hydrogen-bond acceptors (Lipinski definition) is 4. The van der Waals surface area contributed by atoms with Crippen molar-refractivity contribution in [1.29, 1.82) is 0 Å². The Morgan fingerprint density at radius 3 is 2.22 bits per heavy atom. The number of amides is 2. The van der Waals surface area contributed by atoms with E-state index in [0.29, 0.717) is 44.6 Å². The van der Waals surface area contributed by atoms with Gasteiger partial charge in [0.1, 0.15) is 5.75 Å². The summed E-state index contributed by atoms with van der Waals surface area (Å²) in [4.78, 5) is 31.6. The maximum absolute atomic E-state index is 13.0. The van der Waals surface area contributed by atoms with Crippen molar-refractivity contribution in [2.45, 2.75) is 26.7 Å². The van der Waals surface area contributed by atoms with Crippen LogP contribution in [0.1, 0.15) is 36.2 Å². The molecule has 0 unspecified atom stereocenters. The highest BCUT2D eigenvalue weighted by Crippen LogP contribution is 2.27. The highest BCUT2D eigenvalue weighted by molar-refractivity contribution is 5.94. The minimum absolute atomic E-state index is 0.0626. The topological polar surface area (TPSA) is 64.1 Å². The zero-order valence-electron chi connectivity index (χ0n) is 21.2. The van der Waals surface area contributed by atoms with E-state index in [1.165, 1.54) is 0 Å². The van der Waals surface area contributed by atoms with Gasteiger partial charge in [-0.25, -0.2) is 0 Å². The number of carbonyl (C=O) groups is 2. The molecule has 1 aliphatic rings. The maximum atomic E-state index is 13.0. The molecule has 1 saturated heterocycles. The Morgan fingerprint density at radius 1 is 0.861 bits per heavy atom. The SMILES string of the molecule is CCN(CC)C(=O)c1ccc(N2CCN(C(=O)CCc3ccccc3-c3cccc(O)c3)CC2)cc1. The van der Waals surface area contributed by atoms with Crippen molar-refractivity contribution in [3.05, 3.63) is 83.9 Å². The highest BCUT2D eigenvalue weighted by Gasteiger charge is 2.22. The normalized spacial score (nSPS) is 13.5. The van der Waals surface area contributed by atoms with E-state index in [9.17, 15) is 14.7 Å². The number of phenolic OH excluding ortho intramolecular Hbond substituents is 1. The number of anilines is 1. The molecule has 0 bridgehead atoms. The fraction of sp³-hybridized carbons (Fsp3) is 0.333. The molecule has 4 rings (SSSR count). The molecule has 1 heterocycles. The first kappa shape index (κ1) is 25.3. The third-order valence-corrected chi connectivity index (χ3v) is 6.95. The summed E-state index contributed by atoms with van der Waals surface area (Å²) in [7, 11) is 0. The summed E-state index contributed by atoms with van der Waals surface area (Å²) in [5.41, 5.74) is 4.90. The van der Waals surface area contributed by atoms with Crippen molar-refractivity contribution in [1.82, 2.24) is 9.80 Å². The van der Waals surface area contributed by atoms with Gasteiger partial charge in [-0.2, -0.15) is 0 Å². The Balaban J connectivity index is 1.31. The predicted molar refractivity (Wildman–Crippen MR) is 144 cm³/mol. The second-order valence-electron chi connectivity index (χ2n) is 9.10. The molecule has 2 amide bonds. The fourth-order valence-corrected chi connectivity index (χ4v) is 4.82. The third kappa shape index (κ3) is 5.88. The number of piperazine rings is 1. The monoisotopic (exact) mass is 485 g/mol. The summed E-state index contributed by atoms with van der Waals surface area (Å²) in [5, 5.41) is 9.86. The number of carbonyl (C=O) groups excluding carboxylic acids is 2. The summed E-state index contributed by atoms with van der Waals surface area (Å²) in [6.07, 6.45) is 1.12. The van der Waals surface area contributed by atoms with Crippen LogP contribution in [0.25, 0.3) is 11.1 Å². The minimum Gasteiger partial charge on any atom is -0.508 e. The van der Waals surface area contributed by atoms with Gasteiger partial charge in [0, 0.05) is 56.9 Å². The van der Waals surface area contributed by atoms with Crippen LogP contribution in [-0.2, 0) is 11.2 Å². The minimum atomic E-state index is 0.0626. The number of phenols is 1. The van der Waals surface area contributed by atoms with Gasteiger partial charge in [-0.3, -0.25) is 9.59 Å². The molecule has 3 aromatic rings. The molecule has 0 spiro atoms. The lowest BCUT2D eigenvalue weighted by Gasteiger charge is -2.36. The van der Waals surface area contributed by atoms with Crippen LogP contribution in [0.3, 0.4) is 0 Å². The highest BCUT2D eigenvalue weighted by atomic mass is 16.3. The molecular weight excluding hydrogens is 450 g/mol. The molecule has 1 N–H and O–H groups in total. The van der Waals surface area contributed by atoms with Gasteiger partial charge < -0.3 is 19.8 Å². The van der Waals surface area contributed by atoms with Gasteiger partial charge in [0.15, 0.2) is 0 Å². The van der Waals surface area contributed by atoms with Crippen molar-refractivity contribution < 1.29 is 14.7 Å². The molecule has 0 aromatic heterocycles. The van der Waals surface area contributed by atoms with Gasteiger partial charge in [0.2, 0.25) is 5.91 Å². The molecule has 6 heteroatoms. The third-order valence-electron chi connectivity index (χ3n) is 6.95. The van der Waals surface area contributed by atoms with E-state index < -0.39 is 0 Å². The standard InChI is InChI=1S/C30H35N3O3/c1-3-31(4-2)30(36)24-12-15-26(16-13-24)32-18-20-33(21-19-32)29(35)17-14-23-8-5-6-11-28(23)25-9-7-10-27(34)22-25/h5-13,15-16,22,34H,3-4,14,17-21H2,1-2H3. The molecule has 0 radical (unpaired) electrons. The number of aryl methyl sites for hydroxylation is 1. The Morgan fingerprint density at radius 2 is 1.56 bits per heavy atom. The van der Waals surface area contributed by atoms with Gasteiger partial charge in [0.05, 0.1) is 0 Å². The molecular formula is C30H35N3O3. The van der Waals surface area contributed by atoms with E-state index in [-0.39, 0.29) is 17.6 Å². The summed E-state index contributed by atoms with van der Waals surface area (Å²) in [6, 6.07) is 23.1. The van der Waals surface area contributed by atoms with Gasteiger partial charge in [0.25, 0.3) is 5.91 Å². The zero-order valence-corrected chi connectivity index (χ0v) is 21.2. The van der Waals surface area contributed by atoms with E-state index in [0.717, 1.165) is 35.5 Å². The van der Waals surface area contributed by atoms with Crippen molar-refractivity contribution in [3.8, 4) is 16.9 Å². The van der Waals surface area contributed by atoms with Crippen molar-refractivity contribution in [3.63, 3.8) is 0 Å². The number of rotatable bonds is 8. The number of aromatic hydroxyl groups is 1. The Hall–Kier alpha value is -3.80. The van der Waals surface area contributed by atoms with Crippen LogP contribution >= 0.6 is 0 Å². The average Bonchev–Trinajstić information content (AvgIpc) is 2.92. The van der Waals surface area contributed by atoms with Gasteiger partial charge in [-0.1, -0.05) is 36.4 Å². The smallest absolute Gasteiger partial charge is 0.253 e. The largest absolute Gasteiger partial charge is 0.508 e. The first-order chi connectivity index (χ1) is 17.5. The van der Waals surface area contributed by atoms with Crippen LogP contribution in [0.2, 0.25) is 0 Å². The molecule has 1 aliphatic heterocycles. The summed E-state index contributed by atoms with van der Waals surface area (Å²) in [5.74, 6) is 0.467. The molecule has 188 valence electrons. The summed E-state index contributed by atoms with van der Waals surface area (Å²) in [6.45, 7) is 8.31. The lowest BCUT2D eigenvalue weighted by atomic mass is 9.96.